The Labute approximate surface area is 187 Å². The van der Waals surface area contributed by atoms with Gasteiger partial charge >= 0.3 is 0 Å². The third-order valence-electron chi connectivity index (χ3n) is 5.67. The van der Waals surface area contributed by atoms with Crippen LogP contribution in [0.2, 0.25) is 10.0 Å². The van der Waals surface area contributed by atoms with E-state index >= 15 is 0 Å². The molecule has 2 aromatic carbocycles. The maximum Gasteiger partial charge on any atom is 0.261 e. The van der Waals surface area contributed by atoms with Crippen LogP contribution in [0.25, 0.3) is 33.3 Å². The molecule has 1 unspecified atom stereocenters. The summed E-state index contributed by atoms with van der Waals surface area (Å²) in [6.45, 7) is 1.63. The number of nitrogens with one attached hydrogen (secondary N) is 4. The zero-order chi connectivity index (χ0) is 21.5. The highest BCUT2D eigenvalue weighted by atomic mass is 35.5. The van der Waals surface area contributed by atoms with Gasteiger partial charge in [0.05, 0.1) is 27.3 Å². The van der Waals surface area contributed by atoms with Crippen molar-refractivity contribution in [3.8, 4) is 11.4 Å². The van der Waals surface area contributed by atoms with Gasteiger partial charge in [0, 0.05) is 29.1 Å². The fraction of sp³-hybridized carbons (Fsp3) is 0.273. The number of pyridine rings is 1. The average molecular weight is 460 g/mol. The van der Waals surface area contributed by atoms with Crippen LogP contribution >= 0.6 is 23.2 Å². The van der Waals surface area contributed by atoms with E-state index in [1.807, 2.05) is 6.07 Å². The molecule has 9 heteroatoms. The lowest BCUT2D eigenvalue weighted by Gasteiger charge is -2.25. The van der Waals surface area contributed by atoms with Gasteiger partial charge in [0.1, 0.15) is 17.2 Å². The highest BCUT2D eigenvalue weighted by Gasteiger charge is 2.20. The maximum absolute atomic E-state index is 13.9. The summed E-state index contributed by atoms with van der Waals surface area (Å²) in [5.74, 6) is -0.218. The number of aromatic nitrogens is 3. The predicted octanol–water partition coefficient (Wildman–Crippen LogP) is 5.07. The first-order valence-corrected chi connectivity index (χ1v) is 10.9. The number of nitrogens with zero attached hydrogens (tertiary/aromatic N) is 1. The molecule has 1 atom stereocenters. The van der Waals surface area contributed by atoms with Gasteiger partial charge in [0.2, 0.25) is 0 Å². The molecular weight excluding hydrogens is 440 g/mol. The van der Waals surface area contributed by atoms with Crippen molar-refractivity contribution in [3.63, 3.8) is 0 Å². The lowest BCUT2D eigenvalue weighted by molar-refractivity contribution is 0.414. The number of rotatable bonds is 4. The number of hydrogen-bond acceptors (Lipinski definition) is 4. The maximum atomic E-state index is 13.9. The van der Waals surface area contributed by atoms with Gasteiger partial charge in [-0.2, -0.15) is 0 Å². The van der Waals surface area contributed by atoms with E-state index in [9.17, 15) is 9.18 Å². The Morgan fingerprint density at radius 2 is 2.00 bits per heavy atom. The number of H-pyrrole nitrogens is 2. The summed E-state index contributed by atoms with van der Waals surface area (Å²) in [5, 5.41) is 8.28. The summed E-state index contributed by atoms with van der Waals surface area (Å²) in [6, 6.07) is 8.35. The molecule has 1 aliphatic rings. The fourth-order valence-electron chi connectivity index (χ4n) is 4.12. The quantitative estimate of drug-likeness (QED) is 0.343. The number of aromatic amines is 2. The largest absolute Gasteiger partial charge is 0.382 e. The van der Waals surface area contributed by atoms with Crippen molar-refractivity contribution in [2.24, 2.45) is 0 Å². The first-order valence-electron chi connectivity index (χ1n) is 10.2. The Morgan fingerprint density at radius 1 is 1.13 bits per heavy atom. The Balaban J connectivity index is 1.67. The van der Waals surface area contributed by atoms with Crippen LogP contribution in [-0.4, -0.2) is 34.1 Å². The third kappa shape index (κ3) is 3.89. The van der Waals surface area contributed by atoms with Crippen LogP contribution in [0.3, 0.4) is 0 Å². The summed E-state index contributed by atoms with van der Waals surface area (Å²) in [7, 11) is 0. The number of benzene rings is 2. The molecular formula is C22H20Cl2FN5O. The number of imidazole rings is 1. The predicted molar refractivity (Wildman–Crippen MR) is 124 cm³/mol. The average Bonchev–Trinajstić information content (AvgIpc) is 3.15. The van der Waals surface area contributed by atoms with Crippen LogP contribution in [0, 0.1) is 5.82 Å². The van der Waals surface area contributed by atoms with E-state index in [1.54, 1.807) is 12.1 Å². The molecule has 3 heterocycles. The van der Waals surface area contributed by atoms with Crippen LogP contribution < -0.4 is 16.2 Å². The number of halogens is 3. The Kier molecular flexibility index (Phi) is 5.33. The van der Waals surface area contributed by atoms with E-state index < -0.39 is 5.82 Å². The second-order valence-corrected chi connectivity index (χ2v) is 8.63. The summed E-state index contributed by atoms with van der Waals surface area (Å²) in [4.78, 5) is 23.6. The minimum absolute atomic E-state index is 0.0218. The third-order valence-corrected chi connectivity index (χ3v) is 6.20. The van der Waals surface area contributed by atoms with Crippen molar-refractivity contribution in [1.29, 1.82) is 0 Å². The van der Waals surface area contributed by atoms with E-state index in [1.165, 1.54) is 25.0 Å². The molecule has 1 saturated heterocycles. The second-order valence-electron chi connectivity index (χ2n) is 7.79. The normalized spacial score (nSPS) is 16.8. The van der Waals surface area contributed by atoms with Crippen LogP contribution in [0.1, 0.15) is 19.3 Å². The molecule has 4 aromatic rings. The SMILES string of the molecule is O=c1[nH]c2ccc(Cl)cc2c(NCC2CCCCN2)c1-c1nc2cc(Cl)c(F)cc2[nH]1. The molecule has 31 heavy (non-hydrogen) atoms. The first-order chi connectivity index (χ1) is 15.0. The molecule has 0 bridgehead atoms. The minimum Gasteiger partial charge on any atom is -0.382 e. The summed E-state index contributed by atoms with van der Waals surface area (Å²) in [5.41, 5.74) is 2.29. The van der Waals surface area contributed by atoms with Gasteiger partial charge in [-0.25, -0.2) is 9.37 Å². The van der Waals surface area contributed by atoms with Crippen LogP contribution in [0.5, 0.6) is 0 Å². The van der Waals surface area contributed by atoms with Gasteiger partial charge < -0.3 is 20.6 Å². The van der Waals surface area contributed by atoms with Crippen molar-refractivity contribution in [3.05, 3.63) is 56.5 Å². The smallest absolute Gasteiger partial charge is 0.261 e. The zero-order valence-electron chi connectivity index (χ0n) is 16.5. The molecule has 0 spiro atoms. The van der Waals surface area contributed by atoms with Gasteiger partial charge in [-0.1, -0.05) is 29.6 Å². The Morgan fingerprint density at radius 3 is 2.81 bits per heavy atom. The van der Waals surface area contributed by atoms with Gasteiger partial charge in [0.25, 0.3) is 5.56 Å². The van der Waals surface area contributed by atoms with E-state index in [2.05, 4.69) is 25.6 Å². The van der Waals surface area contributed by atoms with E-state index in [-0.39, 0.29) is 10.6 Å². The van der Waals surface area contributed by atoms with Gasteiger partial charge in [0.15, 0.2) is 0 Å². The summed E-state index contributed by atoms with van der Waals surface area (Å²) >= 11 is 12.2. The molecule has 0 aliphatic carbocycles. The number of piperidine rings is 1. The molecule has 160 valence electrons. The van der Waals surface area contributed by atoms with E-state index in [0.717, 1.165) is 18.4 Å². The Hall–Kier alpha value is -2.61. The summed E-state index contributed by atoms with van der Waals surface area (Å²) < 4.78 is 13.9. The van der Waals surface area contributed by atoms with Gasteiger partial charge in [-0.15, -0.1) is 0 Å². The molecule has 1 fully saturated rings. The van der Waals surface area contributed by atoms with Crippen LogP contribution in [0.4, 0.5) is 10.1 Å². The summed E-state index contributed by atoms with van der Waals surface area (Å²) in [6.07, 6.45) is 3.40. The lowest BCUT2D eigenvalue weighted by atomic mass is 10.0. The molecule has 4 N–H and O–H groups in total. The van der Waals surface area contributed by atoms with E-state index in [0.29, 0.717) is 51.2 Å². The van der Waals surface area contributed by atoms with E-state index in [4.69, 9.17) is 23.2 Å². The highest BCUT2D eigenvalue weighted by molar-refractivity contribution is 6.31. The molecule has 0 radical (unpaired) electrons. The number of fused-ring (bicyclic) bond motifs is 2. The van der Waals surface area contributed by atoms with Gasteiger partial charge in [-0.3, -0.25) is 4.79 Å². The Bertz CT molecular complexity index is 1300. The van der Waals surface area contributed by atoms with Crippen LogP contribution in [-0.2, 0) is 0 Å². The zero-order valence-corrected chi connectivity index (χ0v) is 18.0. The molecule has 0 amide bonds. The fourth-order valence-corrected chi connectivity index (χ4v) is 4.45. The second kappa shape index (κ2) is 8.15. The topological polar surface area (TPSA) is 85.6 Å². The molecule has 2 aromatic heterocycles. The van der Waals surface area contributed by atoms with Crippen molar-refractivity contribution < 1.29 is 4.39 Å². The molecule has 0 saturated carbocycles. The van der Waals surface area contributed by atoms with Crippen molar-refractivity contribution in [2.45, 2.75) is 25.3 Å². The lowest BCUT2D eigenvalue weighted by Crippen LogP contribution is -2.39. The molecule has 6 nitrogen and oxygen atoms in total. The van der Waals surface area contributed by atoms with Crippen molar-refractivity contribution in [2.75, 3.05) is 18.4 Å². The number of hydrogen-bond donors (Lipinski definition) is 4. The minimum atomic E-state index is -0.551. The monoisotopic (exact) mass is 459 g/mol. The highest BCUT2D eigenvalue weighted by Crippen LogP contribution is 2.33. The van der Waals surface area contributed by atoms with Crippen LogP contribution in [0.15, 0.2) is 35.1 Å². The van der Waals surface area contributed by atoms with Crippen molar-refractivity contribution in [1.82, 2.24) is 20.3 Å². The van der Waals surface area contributed by atoms with Gasteiger partial charge in [-0.05, 0) is 43.7 Å². The number of anilines is 1. The molecule has 5 rings (SSSR count). The first kappa shape index (κ1) is 20.3. The van der Waals surface area contributed by atoms with Crippen molar-refractivity contribution >= 4 is 50.8 Å². The molecule has 1 aliphatic heterocycles. The standard InChI is InChI=1S/C22H20Cl2FN5O/c23-11-4-5-16-13(7-11)20(27-10-12-3-1-2-6-26-12)19(22(31)30-16)21-28-17-8-14(24)15(25)9-18(17)29-21/h4-5,7-9,12,26H,1-3,6,10H2,(H,28,29)(H2,27,30,31).